The number of aliphatic hydroxyl groups is 1. The fourth-order valence-corrected chi connectivity index (χ4v) is 1.69. The van der Waals surface area contributed by atoms with Crippen molar-refractivity contribution >= 4 is 5.97 Å². The number of aromatic hydroxyl groups is 1. The normalized spacial score (nSPS) is 12.1. The van der Waals surface area contributed by atoms with Gasteiger partial charge in [-0.05, 0) is 28.8 Å². The van der Waals surface area contributed by atoms with Crippen LogP contribution in [0.25, 0.3) is 11.1 Å². The first-order valence-corrected chi connectivity index (χ1v) is 5.38. The van der Waals surface area contributed by atoms with E-state index in [-0.39, 0.29) is 5.75 Å². The number of aliphatic hydroxyl groups excluding tert-OH is 1. The van der Waals surface area contributed by atoms with Gasteiger partial charge < -0.3 is 15.3 Å². The fourth-order valence-electron chi connectivity index (χ4n) is 1.69. The van der Waals surface area contributed by atoms with Crippen molar-refractivity contribution in [3.8, 4) is 16.9 Å². The van der Waals surface area contributed by atoms with Crippen molar-refractivity contribution < 1.29 is 20.1 Å². The van der Waals surface area contributed by atoms with Gasteiger partial charge in [0, 0.05) is 0 Å². The lowest BCUT2D eigenvalue weighted by Crippen LogP contribution is -2.09. The summed E-state index contributed by atoms with van der Waals surface area (Å²) in [6.07, 6.45) is -1.51. The minimum absolute atomic E-state index is 0.169. The largest absolute Gasteiger partial charge is 0.508 e. The van der Waals surface area contributed by atoms with Gasteiger partial charge in [-0.3, -0.25) is 0 Å². The van der Waals surface area contributed by atoms with Gasteiger partial charge in [-0.1, -0.05) is 36.4 Å². The van der Waals surface area contributed by atoms with Crippen LogP contribution < -0.4 is 0 Å². The van der Waals surface area contributed by atoms with Crippen LogP contribution in [0.1, 0.15) is 11.7 Å². The smallest absolute Gasteiger partial charge is 0.337 e. The fraction of sp³-hybridized carbons (Fsp3) is 0.0714. The Kier molecular flexibility index (Phi) is 3.30. The molecular formula is C14H12O4. The highest BCUT2D eigenvalue weighted by Gasteiger charge is 2.15. The predicted molar refractivity (Wildman–Crippen MR) is 66.1 cm³/mol. The van der Waals surface area contributed by atoms with Crippen LogP contribution in [-0.4, -0.2) is 21.3 Å². The Morgan fingerprint density at radius 3 is 2.22 bits per heavy atom. The summed E-state index contributed by atoms with van der Waals surface area (Å²) in [6, 6.07) is 13.3. The number of rotatable bonds is 3. The molecule has 4 heteroatoms. The van der Waals surface area contributed by atoms with Crippen LogP contribution in [0.15, 0.2) is 48.5 Å². The third-order valence-electron chi connectivity index (χ3n) is 2.64. The van der Waals surface area contributed by atoms with E-state index >= 15 is 0 Å². The summed E-state index contributed by atoms with van der Waals surface area (Å²) in [6.45, 7) is 0. The number of phenols is 1. The van der Waals surface area contributed by atoms with Gasteiger partial charge in [-0.15, -0.1) is 0 Å². The Hall–Kier alpha value is -2.33. The number of hydrogen-bond acceptors (Lipinski definition) is 3. The zero-order chi connectivity index (χ0) is 13.1. The Morgan fingerprint density at radius 1 is 1.00 bits per heavy atom. The Balaban J connectivity index is 2.30. The Morgan fingerprint density at radius 2 is 1.67 bits per heavy atom. The van der Waals surface area contributed by atoms with E-state index in [4.69, 9.17) is 5.11 Å². The number of carboxylic acid groups (broad SMARTS) is 1. The molecule has 3 N–H and O–H groups in total. The molecule has 2 rings (SSSR count). The predicted octanol–water partition coefficient (Wildman–Crippen LogP) is 2.18. The lowest BCUT2D eigenvalue weighted by molar-refractivity contribution is -0.146. The topological polar surface area (TPSA) is 77.8 Å². The number of carbonyl (C=O) groups is 1. The molecule has 0 saturated heterocycles. The van der Waals surface area contributed by atoms with E-state index in [1.165, 1.54) is 0 Å². The number of aliphatic carboxylic acids is 1. The molecule has 0 radical (unpaired) electrons. The van der Waals surface area contributed by atoms with Gasteiger partial charge in [0.1, 0.15) is 5.75 Å². The molecule has 0 aromatic heterocycles. The maximum absolute atomic E-state index is 10.6. The van der Waals surface area contributed by atoms with E-state index < -0.39 is 12.1 Å². The molecule has 4 nitrogen and oxygen atoms in total. The Bertz CT molecular complexity index is 560. The first-order valence-electron chi connectivity index (χ1n) is 5.38. The molecule has 0 fully saturated rings. The van der Waals surface area contributed by atoms with Crippen LogP contribution in [0.2, 0.25) is 0 Å². The molecule has 2 aromatic rings. The number of carboxylic acids is 1. The van der Waals surface area contributed by atoms with E-state index in [1.54, 1.807) is 42.5 Å². The molecule has 0 bridgehead atoms. The van der Waals surface area contributed by atoms with Gasteiger partial charge in [-0.25, -0.2) is 4.79 Å². The van der Waals surface area contributed by atoms with E-state index in [0.717, 1.165) is 11.1 Å². The van der Waals surface area contributed by atoms with Crippen molar-refractivity contribution in [3.63, 3.8) is 0 Å². The summed E-state index contributed by atoms with van der Waals surface area (Å²) >= 11 is 0. The second-order valence-corrected chi connectivity index (χ2v) is 3.91. The van der Waals surface area contributed by atoms with Crippen LogP contribution in [0.4, 0.5) is 0 Å². The third-order valence-corrected chi connectivity index (χ3v) is 2.64. The van der Waals surface area contributed by atoms with Crippen molar-refractivity contribution in [2.75, 3.05) is 0 Å². The second kappa shape index (κ2) is 4.89. The van der Waals surface area contributed by atoms with Crippen molar-refractivity contribution in [2.24, 2.45) is 0 Å². The minimum Gasteiger partial charge on any atom is -0.508 e. The average Bonchev–Trinajstić information content (AvgIpc) is 2.38. The highest BCUT2D eigenvalue weighted by atomic mass is 16.4. The first kappa shape index (κ1) is 12.1. The van der Waals surface area contributed by atoms with Gasteiger partial charge in [0.2, 0.25) is 0 Å². The second-order valence-electron chi connectivity index (χ2n) is 3.91. The molecule has 1 atom stereocenters. The molecule has 0 aliphatic rings. The number of phenolic OH excluding ortho intramolecular Hbond substituents is 1. The summed E-state index contributed by atoms with van der Waals surface area (Å²) in [4.78, 5) is 10.6. The summed E-state index contributed by atoms with van der Waals surface area (Å²) in [7, 11) is 0. The molecule has 0 amide bonds. The molecule has 2 aromatic carbocycles. The van der Waals surface area contributed by atoms with Crippen LogP contribution >= 0.6 is 0 Å². The highest BCUT2D eigenvalue weighted by Crippen LogP contribution is 2.24. The summed E-state index contributed by atoms with van der Waals surface area (Å²) in [5.41, 5.74) is 1.99. The molecule has 18 heavy (non-hydrogen) atoms. The lowest BCUT2D eigenvalue weighted by Gasteiger charge is -2.07. The standard InChI is InChI=1S/C14H12O4/c15-12-3-1-2-11(8-12)9-4-6-10(7-5-9)13(16)14(17)18/h1-8,13,15-16H,(H,17,18). The van der Waals surface area contributed by atoms with Gasteiger partial charge in [-0.2, -0.15) is 0 Å². The van der Waals surface area contributed by atoms with Gasteiger partial charge in [0.05, 0.1) is 0 Å². The molecule has 0 aliphatic carbocycles. The Labute approximate surface area is 104 Å². The van der Waals surface area contributed by atoms with Crippen molar-refractivity contribution in [1.29, 1.82) is 0 Å². The molecule has 0 spiro atoms. The molecule has 0 saturated carbocycles. The number of hydrogen-bond donors (Lipinski definition) is 3. The van der Waals surface area contributed by atoms with Crippen LogP contribution in [0.5, 0.6) is 5.75 Å². The summed E-state index contributed by atoms with van der Waals surface area (Å²) < 4.78 is 0. The van der Waals surface area contributed by atoms with Gasteiger partial charge in [0.25, 0.3) is 0 Å². The third kappa shape index (κ3) is 2.49. The zero-order valence-electron chi connectivity index (χ0n) is 9.45. The molecule has 92 valence electrons. The summed E-state index contributed by atoms with van der Waals surface area (Å²) in [5, 5.41) is 27.4. The van der Waals surface area contributed by atoms with Gasteiger partial charge >= 0.3 is 5.97 Å². The van der Waals surface area contributed by atoms with Crippen LogP contribution in [0, 0.1) is 0 Å². The van der Waals surface area contributed by atoms with E-state index in [9.17, 15) is 15.0 Å². The van der Waals surface area contributed by atoms with E-state index in [2.05, 4.69) is 0 Å². The molecule has 1 unspecified atom stereocenters. The minimum atomic E-state index is -1.51. The van der Waals surface area contributed by atoms with Crippen molar-refractivity contribution in [3.05, 3.63) is 54.1 Å². The maximum atomic E-state index is 10.6. The SMILES string of the molecule is O=C(O)C(O)c1ccc(-c2cccc(O)c2)cc1. The van der Waals surface area contributed by atoms with E-state index in [0.29, 0.717) is 5.56 Å². The first-order chi connectivity index (χ1) is 8.58. The highest BCUT2D eigenvalue weighted by molar-refractivity contribution is 5.74. The van der Waals surface area contributed by atoms with Crippen molar-refractivity contribution in [2.45, 2.75) is 6.10 Å². The molecule has 0 heterocycles. The van der Waals surface area contributed by atoms with Gasteiger partial charge in [0.15, 0.2) is 6.10 Å². The van der Waals surface area contributed by atoms with Crippen molar-refractivity contribution in [1.82, 2.24) is 0 Å². The maximum Gasteiger partial charge on any atom is 0.337 e. The summed E-state index contributed by atoms with van der Waals surface area (Å²) in [5.74, 6) is -1.11. The van der Waals surface area contributed by atoms with Crippen LogP contribution in [-0.2, 0) is 4.79 Å². The quantitative estimate of drug-likeness (QED) is 0.773. The zero-order valence-corrected chi connectivity index (χ0v) is 9.45. The van der Waals surface area contributed by atoms with Crippen LogP contribution in [0.3, 0.4) is 0 Å². The molecular weight excluding hydrogens is 232 g/mol. The van der Waals surface area contributed by atoms with E-state index in [1.807, 2.05) is 6.07 Å². The monoisotopic (exact) mass is 244 g/mol. The molecule has 0 aliphatic heterocycles. The average molecular weight is 244 g/mol. The number of benzene rings is 2. The lowest BCUT2D eigenvalue weighted by atomic mass is 10.0.